The van der Waals surface area contributed by atoms with E-state index in [0.717, 1.165) is 16.7 Å². The Morgan fingerprint density at radius 2 is 1.51 bits per heavy atom. The Morgan fingerprint density at radius 1 is 0.919 bits per heavy atom. The monoisotopic (exact) mass is 527 g/mol. The summed E-state index contributed by atoms with van der Waals surface area (Å²) in [6.45, 7) is 16.7. The van der Waals surface area contributed by atoms with E-state index in [9.17, 15) is 14.4 Å². The van der Waals surface area contributed by atoms with Crippen molar-refractivity contribution >= 4 is 36.2 Å². The molecule has 0 spiro atoms. The fraction of sp³-hybridized carbons (Fsp3) is 0.483. The van der Waals surface area contributed by atoms with Gasteiger partial charge in [-0.1, -0.05) is 36.4 Å². The van der Waals surface area contributed by atoms with Crippen molar-refractivity contribution in [2.45, 2.75) is 85.5 Å². The first-order chi connectivity index (χ1) is 17.1. The fourth-order valence-corrected chi connectivity index (χ4v) is 4.28. The summed E-state index contributed by atoms with van der Waals surface area (Å²) in [6.07, 6.45) is -0.721. The minimum absolute atomic E-state index is 0.0313. The van der Waals surface area contributed by atoms with Gasteiger partial charge in [-0.25, -0.2) is 4.79 Å². The first kappa shape index (κ1) is 30.2. The average molecular weight is 528 g/mol. The molecule has 0 aliphatic rings. The second-order valence-corrected chi connectivity index (χ2v) is 11.6. The molecule has 0 aliphatic heterocycles. The molecule has 2 rings (SSSR count). The van der Waals surface area contributed by atoms with E-state index in [1.807, 2.05) is 84.0 Å². The Balaban J connectivity index is 2.60. The zero-order valence-electron chi connectivity index (χ0n) is 23.4. The van der Waals surface area contributed by atoms with Crippen LogP contribution in [0.4, 0.5) is 10.5 Å². The molecule has 3 amide bonds. The van der Waals surface area contributed by atoms with E-state index in [4.69, 9.17) is 4.74 Å². The number of carbonyl (C=O) groups excluding carboxylic acids is 3. The molecule has 0 fully saturated rings. The molecule has 0 bridgehead atoms. The number of nitrogens with zero attached hydrogens (tertiary/aromatic N) is 1. The number of anilines is 1. The van der Waals surface area contributed by atoms with Crippen molar-refractivity contribution in [3.8, 4) is 0 Å². The molecule has 2 unspecified atom stereocenters. The Morgan fingerprint density at radius 3 is 2.05 bits per heavy atom. The smallest absolute Gasteiger partial charge is 0.408 e. The number of para-hydroxylation sites is 1. The van der Waals surface area contributed by atoms with Crippen LogP contribution in [0.15, 0.2) is 42.5 Å². The zero-order chi connectivity index (χ0) is 28.1. The molecule has 37 heavy (non-hydrogen) atoms. The van der Waals surface area contributed by atoms with Gasteiger partial charge < -0.3 is 20.3 Å². The van der Waals surface area contributed by atoms with E-state index in [2.05, 4.69) is 23.3 Å². The number of rotatable bonds is 7. The molecule has 0 saturated heterocycles. The van der Waals surface area contributed by atoms with E-state index >= 15 is 0 Å². The van der Waals surface area contributed by atoms with Crippen LogP contribution in [0.5, 0.6) is 0 Å². The number of hydrogen-bond donors (Lipinski definition) is 3. The summed E-state index contributed by atoms with van der Waals surface area (Å²) < 4.78 is 5.37. The van der Waals surface area contributed by atoms with Gasteiger partial charge in [-0.05, 0) is 90.6 Å². The number of thiol groups is 1. The highest BCUT2D eigenvalue weighted by Crippen LogP contribution is 2.34. The van der Waals surface area contributed by atoms with Crippen molar-refractivity contribution in [3.05, 3.63) is 64.7 Å². The van der Waals surface area contributed by atoms with Crippen LogP contribution in [0.1, 0.15) is 69.8 Å². The largest absolute Gasteiger partial charge is 0.444 e. The third-order valence-corrected chi connectivity index (χ3v) is 6.35. The number of ether oxygens (including phenoxy) is 1. The molecule has 8 heteroatoms. The molecule has 0 radical (unpaired) electrons. The van der Waals surface area contributed by atoms with Gasteiger partial charge in [-0.2, -0.15) is 12.6 Å². The lowest BCUT2D eigenvalue weighted by Gasteiger charge is -2.43. The number of amides is 3. The summed E-state index contributed by atoms with van der Waals surface area (Å²) in [5, 5.41) is 5.67. The summed E-state index contributed by atoms with van der Waals surface area (Å²) in [5.41, 5.74) is 2.70. The van der Waals surface area contributed by atoms with Gasteiger partial charge >= 0.3 is 6.09 Å². The molecule has 2 atom stereocenters. The van der Waals surface area contributed by atoms with E-state index < -0.39 is 35.2 Å². The molecule has 2 aromatic carbocycles. The summed E-state index contributed by atoms with van der Waals surface area (Å²) in [5.74, 6) is -0.746. The van der Waals surface area contributed by atoms with Crippen molar-refractivity contribution in [3.63, 3.8) is 0 Å². The van der Waals surface area contributed by atoms with Crippen LogP contribution >= 0.6 is 12.6 Å². The number of nitrogens with one attached hydrogen (secondary N) is 2. The van der Waals surface area contributed by atoms with Gasteiger partial charge in [0.05, 0.1) is 0 Å². The molecule has 0 saturated carbocycles. The van der Waals surface area contributed by atoms with Gasteiger partial charge in [-0.15, -0.1) is 0 Å². The van der Waals surface area contributed by atoms with Crippen molar-refractivity contribution < 1.29 is 19.1 Å². The second kappa shape index (κ2) is 12.0. The highest BCUT2D eigenvalue weighted by Gasteiger charge is 2.42. The minimum Gasteiger partial charge on any atom is -0.444 e. The van der Waals surface area contributed by atoms with Crippen LogP contribution in [0.2, 0.25) is 0 Å². The first-order valence-corrected chi connectivity index (χ1v) is 13.1. The Bertz CT molecular complexity index is 1130. The van der Waals surface area contributed by atoms with Crippen molar-refractivity contribution in [2.75, 3.05) is 11.1 Å². The van der Waals surface area contributed by atoms with Crippen LogP contribution in [0, 0.1) is 20.8 Å². The van der Waals surface area contributed by atoms with Gasteiger partial charge in [0.1, 0.15) is 17.7 Å². The lowest BCUT2D eigenvalue weighted by atomic mass is 9.91. The lowest BCUT2D eigenvalue weighted by molar-refractivity contribution is -0.146. The molecular formula is C29H41N3O4S. The van der Waals surface area contributed by atoms with Crippen LogP contribution in [0.25, 0.3) is 0 Å². The van der Waals surface area contributed by atoms with E-state index in [1.54, 1.807) is 25.7 Å². The van der Waals surface area contributed by atoms with E-state index in [1.165, 1.54) is 0 Å². The maximum Gasteiger partial charge on any atom is 0.408 e. The maximum atomic E-state index is 14.1. The Hall–Kier alpha value is -3.00. The van der Waals surface area contributed by atoms with Crippen molar-refractivity contribution in [2.24, 2.45) is 0 Å². The first-order valence-electron chi connectivity index (χ1n) is 12.4. The van der Waals surface area contributed by atoms with Gasteiger partial charge in [0.25, 0.3) is 5.91 Å². The van der Waals surface area contributed by atoms with Gasteiger partial charge in [-0.3, -0.25) is 9.59 Å². The zero-order valence-corrected chi connectivity index (χ0v) is 24.3. The number of carbonyl (C=O) groups is 3. The predicted molar refractivity (Wildman–Crippen MR) is 152 cm³/mol. The molecule has 2 N–H and O–H groups in total. The topological polar surface area (TPSA) is 87.7 Å². The predicted octanol–water partition coefficient (Wildman–Crippen LogP) is 5.74. The number of benzene rings is 2. The third kappa shape index (κ3) is 7.99. The van der Waals surface area contributed by atoms with Crippen LogP contribution in [0.3, 0.4) is 0 Å². The third-order valence-electron chi connectivity index (χ3n) is 5.98. The van der Waals surface area contributed by atoms with Crippen LogP contribution in [-0.4, -0.2) is 45.7 Å². The lowest BCUT2D eigenvalue weighted by Crippen LogP contribution is -2.58. The highest BCUT2D eigenvalue weighted by atomic mass is 32.1. The summed E-state index contributed by atoms with van der Waals surface area (Å²) >= 11 is 4.35. The summed E-state index contributed by atoms with van der Waals surface area (Å²) in [6, 6.07) is 11.3. The Kier molecular flexibility index (Phi) is 9.83. The Labute approximate surface area is 226 Å². The van der Waals surface area contributed by atoms with Crippen LogP contribution < -0.4 is 10.6 Å². The molecule has 0 aromatic heterocycles. The number of aryl methyl sites for hydroxylation is 2. The van der Waals surface area contributed by atoms with Crippen molar-refractivity contribution in [1.82, 2.24) is 10.2 Å². The van der Waals surface area contributed by atoms with Gasteiger partial charge in [0.2, 0.25) is 5.91 Å². The number of alkyl carbamates (subject to hydrolysis) is 1. The molecule has 202 valence electrons. The maximum absolute atomic E-state index is 14.1. The summed E-state index contributed by atoms with van der Waals surface area (Å²) in [7, 11) is 0. The normalized spacial score (nSPS) is 13.4. The SMILES string of the molecule is Cc1ccccc1NC(=O)C(c1cccc(C)c1C)N(C(=O)C(CS)NC(=O)OC(C)(C)C)C(C)(C)C. The molecule has 7 nitrogen and oxygen atoms in total. The molecular weight excluding hydrogens is 486 g/mol. The second-order valence-electron chi connectivity index (χ2n) is 11.3. The number of hydrogen-bond acceptors (Lipinski definition) is 5. The van der Waals surface area contributed by atoms with Gasteiger partial charge in [0, 0.05) is 17.0 Å². The standard InChI is InChI=1S/C29H41N3O4S/c1-18-14-12-15-21(20(18)3)24(25(33)30-22-16-11-10-13-19(22)2)32(28(4,5)6)26(34)23(17-37)31-27(35)36-29(7,8)9/h10-16,23-24,37H,17H2,1-9H3,(H,30,33)(H,31,35). The molecule has 0 heterocycles. The average Bonchev–Trinajstić information content (AvgIpc) is 2.77. The van der Waals surface area contributed by atoms with Crippen molar-refractivity contribution in [1.29, 1.82) is 0 Å². The molecule has 2 aromatic rings. The fourth-order valence-electron chi connectivity index (χ4n) is 4.03. The summed E-state index contributed by atoms with van der Waals surface area (Å²) in [4.78, 5) is 42.2. The van der Waals surface area contributed by atoms with Gasteiger partial charge in [0.15, 0.2) is 0 Å². The quantitative estimate of drug-likeness (QED) is 0.401. The van der Waals surface area contributed by atoms with E-state index in [0.29, 0.717) is 11.3 Å². The van der Waals surface area contributed by atoms with Crippen LogP contribution in [-0.2, 0) is 14.3 Å². The van der Waals surface area contributed by atoms with E-state index in [-0.39, 0.29) is 11.7 Å². The minimum atomic E-state index is -1.00. The molecule has 0 aliphatic carbocycles. The highest BCUT2D eigenvalue weighted by molar-refractivity contribution is 7.80.